The zero-order chi connectivity index (χ0) is 18.1. The van der Waals surface area contributed by atoms with Crippen LogP contribution in [-0.2, 0) is 4.74 Å². The molecule has 4 fully saturated rings. The first-order chi connectivity index (χ1) is 12.7. The van der Waals surface area contributed by atoms with Crippen molar-refractivity contribution in [2.45, 2.75) is 51.9 Å². The average molecular weight is 491 g/mol. The molecular formula is C20H38IN5O. The van der Waals surface area contributed by atoms with Crippen LogP contribution >= 0.6 is 24.0 Å². The number of hydrogen-bond acceptors (Lipinski definition) is 4. The predicted molar refractivity (Wildman–Crippen MR) is 121 cm³/mol. The molecule has 0 aliphatic carbocycles. The Labute approximate surface area is 182 Å². The molecule has 4 saturated heterocycles. The van der Waals surface area contributed by atoms with Crippen molar-refractivity contribution in [3.63, 3.8) is 0 Å². The van der Waals surface area contributed by atoms with Crippen molar-refractivity contribution in [2.24, 2.45) is 16.8 Å². The minimum absolute atomic E-state index is 0. The van der Waals surface area contributed by atoms with Crippen molar-refractivity contribution in [3.05, 3.63) is 0 Å². The number of fused-ring (bicyclic) bond motifs is 5. The standard InChI is InChI=1S/C20H37N5O.HI/c1-4-21-20(22-12-15(3)24-10-8-23(5-2)9-11-24)25-13-16-17(14-25)19-7-6-18(16)26-19;/h15-19H,4-14H2,1-3H3,(H,21,22);1H. The number of piperazine rings is 1. The molecule has 6 nitrogen and oxygen atoms in total. The van der Waals surface area contributed by atoms with Crippen molar-refractivity contribution >= 4 is 29.9 Å². The molecule has 0 aromatic rings. The fourth-order valence-corrected chi connectivity index (χ4v) is 5.41. The molecule has 0 radical (unpaired) electrons. The maximum Gasteiger partial charge on any atom is 0.193 e. The summed E-state index contributed by atoms with van der Waals surface area (Å²) in [6.07, 6.45) is 3.58. The van der Waals surface area contributed by atoms with Gasteiger partial charge in [0.1, 0.15) is 0 Å². The Hall–Kier alpha value is -0.120. The lowest BCUT2D eigenvalue weighted by Crippen LogP contribution is -2.50. The minimum Gasteiger partial charge on any atom is -0.374 e. The summed E-state index contributed by atoms with van der Waals surface area (Å²) in [6, 6.07) is 0.518. The summed E-state index contributed by atoms with van der Waals surface area (Å²) in [5, 5.41) is 3.55. The molecule has 7 heteroatoms. The van der Waals surface area contributed by atoms with Gasteiger partial charge in [-0.25, -0.2) is 0 Å². The summed E-state index contributed by atoms with van der Waals surface area (Å²) in [7, 11) is 0. The quantitative estimate of drug-likeness (QED) is 0.361. The summed E-state index contributed by atoms with van der Waals surface area (Å²) < 4.78 is 6.13. The summed E-state index contributed by atoms with van der Waals surface area (Å²) in [6.45, 7) is 16.8. The molecule has 0 spiro atoms. The van der Waals surface area contributed by atoms with E-state index in [4.69, 9.17) is 9.73 Å². The molecule has 4 aliphatic heterocycles. The number of hydrogen-bond donors (Lipinski definition) is 1. The maximum atomic E-state index is 6.13. The highest BCUT2D eigenvalue weighted by molar-refractivity contribution is 14.0. The highest BCUT2D eigenvalue weighted by Gasteiger charge is 2.53. The van der Waals surface area contributed by atoms with E-state index in [9.17, 15) is 0 Å². The van der Waals surface area contributed by atoms with Gasteiger partial charge in [0.05, 0.1) is 18.8 Å². The summed E-state index contributed by atoms with van der Waals surface area (Å²) in [5.41, 5.74) is 0. The smallest absolute Gasteiger partial charge is 0.193 e. The molecule has 2 bridgehead atoms. The van der Waals surface area contributed by atoms with E-state index in [0.717, 1.165) is 44.0 Å². The lowest BCUT2D eigenvalue weighted by molar-refractivity contribution is 0.0766. The van der Waals surface area contributed by atoms with Crippen LogP contribution in [0, 0.1) is 11.8 Å². The van der Waals surface area contributed by atoms with Crippen molar-refractivity contribution < 1.29 is 4.74 Å². The van der Waals surface area contributed by atoms with E-state index < -0.39 is 0 Å². The van der Waals surface area contributed by atoms with E-state index in [-0.39, 0.29) is 24.0 Å². The minimum atomic E-state index is 0. The van der Waals surface area contributed by atoms with E-state index in [0.29, 0.717) is 18.2 Å². The third-order valence-corrected chi connectivity index (χ3v) is 7.07. The average Bonchev–Trinajstić information content (AvgIpc) is 3.38. The van der Waals surface area contributed by atoms with Crippen LogP contribution in [0.1, 0.15) is 33.6 Å². The lowest BCUT2D eigenvalue weighted by Gasteiger charge is -2.37. The van der Waals surface area contributed by atoms with Gasteiger partial charge in [-0.1, -0.05) is 6.92 Å². The van der Waals surface area contributed by atoms with E-state index in [1.54, 1.807) is 0 Å². The molecule has 4 aliphatic rings. The van der Waals surface area contributed by atoms with Crippen molar-refractivity contribution in [1.82, 2.24) is 20.0 Å². The Balaban J connectivity index is 0.00000210. The maximum absolute atomic E-state index is 6.13. The number of halogens is 1. The first-order valence-electron chi connectivity index (χ1n) is 10.8. The van der Waals surface area contributed by atoms with Gasteiger partial charge in [0.25, 0.3) is 0 Å². The van der Waals surface area contributed by atoms with Crippen LogP contribution in [0.2, 0.25) is 0 Å². The lowest BCUT2D eigenvalue weighted by atomic mass is 9.82. The second-order valence-electron chi connectivity index (χ2n) is 8.54. The number of ether oxygens (including phenoxy) is 1. The van der Waals surface area contributed by atoms with E-state index in [2.05, 4.69) is 40.8 Å². The van der Waals surface area contributed by atoms with Crippen molar-refractivity contribution in [1.29, 1.82) is 0 Å². The Morgan fingerprint density at radius 2 is 1.70 bits per heavy atom. The molecule has 0 amide bonds. The number of likely N-dealkylation sites (tertiary alicyclic amines) is 1. The number of likely N-dealkylation sites (N-methyl/N-ethyl adjacent to an activating group) is 1. The zero-order valence-corrected chi connectivity index (χ0v) is 19.6. The molecule has 0 aromatic carbocycles. The zero-order valence-electron chi connectivity index (χ0n) is 17.3. The second kappa shape index (κ2) is 9.59. The van der Waals surface area contributed by atoms with E-state index in [1.807, 2.05) is 0 Å². The molecule has 156 valence electrons. The summed E-state index contributed by atoms with van der Waals surface area (Å²) >= 11 is 0. The Bertz CT molecular complexity index is 493. The Morgan fingerprint density at radius 3 is 2.26 bits per heavy atom. The van der Waals surface area contributed by atoms with Crippen molar-refractivity contribution in [3.8, 4) is 0 Å². The molecule has 5 atom stereocenters. The van der Waals surface area contributed by atoms with Crippen LogP contribution in [0.25, 0.3) is 0 Å². The molecule has 0 saturated carbocycles. The van der Waals surface area contributed by atoms with Crippen LogP contribution in [0.15, 0.2) is 4.99 Å². The van der Waals surface area contributed by atoms with Gasteiger partial charge in [0.2, 0.25) is 0 Å². The van der Waals surface area contributed by atoms with Gasteiger partial charge in [-0.3, -0.25) is 9.89 Å². The highest BCUT2D eigenvalue weighted by atomic mass is 127. The number of aliphatic imine (C=N–C) groups is 1. The number of nitrogens with zero attached hydrogens (tertiary/aromatic N) is 4. The fraction of sp³-hybridized carbons (Fsp3) is 0.950. The summed E-state index contributed by atoms with van der Waals surface area (Å²) in [5.74, 6) is 2.59. The van der Waals surface area contributed by atoms with E-state index >= 15 is 0 Å². The highest BCUT2D eigenvalue weighted by Crippen LogP contribution is 2.47. The van der Waals surface area contributed by atoms with Gasteiger partial charge in [-0.15, -0.1) is 24.0 Å². The molecule has 0 aromatic heterocycles. The predicted octanol–water partition coefficient (Wildman–Crippen LogP) is 1.71. The molecule has 5 unspecified atom stereocenters. The van der Waals surface area contributed by atoms with Crippen LogP contribution in [-0.4, -0.2) is 97.8 Å². The second-order valence-corrected chi connectivity index (χ2v) is 8.54. The first-order valence-corrected chi connectivity index (χ1v) is 10.8. The summed E-state index contributed by atoms with van der Waals surface area (Å²) in [4.78, 5) is 12.7. The van der Waals surface area contributed by atoms with Crippen LogP contribution in [0.4, 0.5) is 0 Å². The topological polar surface area (TPSA) is 43.3 Å². The van der Waals surface area contributed by atoms with Gasteiger partial charge < -0.3 is 19.9 Å². The number of nitrogens with one attached hydrogen (secondary N) is 1. The third-order valence-electron chi connectivity index (χ3n) is 7.07. The van der Waals surface area contributed by atoms with Crippen LogP contribution in [0.5, 0.6) is 0 Å². The Morgan fingerprint density at radius 1 is 1.07 bits per heavy atom. The van der Waals surface area contributed by atoms with Gasteiger partial charge in [-0.2, -0.15) is 0 Å². The number of guanidine groups is 1. The van der Waals surface area contributed by atoms with Gasteiger partial charge >= 0.3 is 0 Å². The molecular weight excluding hydrogens is 453 g/mol. The van der Waals surface area contributed by atoms with Crippen LogP contribution in [0.3, 0.4) is 0 Å². The normalized spacial score (nSPS) is 35.2. The largest absolute Gasteiger partial charge is 0.374 e. The first kappa shape index (κ1) is 21.6. The number of rotatable bonds is 5. The molecule has 27 heavy (non-hydrogen) atoms. The van der Waals surface area contributed by atoms with E-state index in [1.165, 1.54) is 45.6 Å². The van der Waals surface area contributed by atoms with Crippen LogP contribution < -0.4 is 5.32 Å². The third kappa shape index (κ3) is 4.56. The Kier molecular flexibility index (Phi) is 7.66. The molecule has 4 heterocycles. The monoisotopic (exact) mass is 491 g/mol. The molecule has 4 rings (SSSR count). The van der Waals surface area contributed by atoms with Gasteiger partial charge in [-0.05, 0) is 33.2 Å². The fourth-order valence-electron chi connectivity index (χ4n) is 5.41. The van der Waals surface area contributed by atoms with Gasteiger partial charge in [0, 0.05) is 63.7 Å². The van der Waals surface area contributed by atoms with Gasteiger partial charge in [0.15, 0.2) is 5.96 Å². The SMILES string of the molecule is CCNC(=NCC(C)N1CCN(CC)CC1)N1CC2C3CCC(O3)C2C1.I. The van der Waals surface area contributed by atoms with Crippen molar-refractivity contribution in [2.75, 3.05) is 58.9 Å². The molecule has 1 N–H and O–H groups in total.